The van der Waals surface area contributed by atoms with Gasteiger partial charge in [-0.25, -0.2) is 0 Å². The van der Waals surface area contributed by atoms with Gasteiger partial charge in [-0.2, -0.15) is 0 Å². The first-order valence-corrected chi connectivity index (χ1v) is 4.10. The Morgan fingerprint density at radius 1 is 1.55 bits per heavy atom. The molecule has 1 unspecified atom stereocenters. The molecule has 0 aromatic rings. The SMILES string of the molecule is COC(=O)C1NCCC12CC2. The third-order valence-corrected chi connectivity index (χ3v) is 2.91. The van der Waals surface area contributed by atoms with Crippen LogP contribution in [-0.2, 0) is 9.53 Å². The molecule has 1 saturated heterocycles. The van der Waals surface area contributed by atoms with Gasteiger partial charge < -0.3 is 10.1 Å². The van der Waals surface area contributed by atoms with Crippen LogP contribution in [0.15, 0.2) is 0 Å². The Hall–Kier alpha value is -0.570. The number of carbonyl (C=O) groups is 1. The summed E-state index contributed by atoms with van der Waals surface area (Å²) < 4.78 is 4.71. The molecule has 11 heavy (non-hydrogen) atoms. The van der Waals surface area contributed by atoms with Gasteiger partial charge in [0.05, 0.1) is 7.11 Å². The van der Waals surface area contributed by atoms with Gasteiger partial charge in [-0.3, -0.25) is 4.79 Å². The Labute approximate surface area is 66.1 Å². The molecule has 62 valence electrons. The summed E-state index contributed by atoms with van der Waals surface area (Å²) in [5, 5.41) is 3.19. The first kappa shape index (κ1) is 7.10. The average molecular weight is 155 g/mol. The fourth-order valence-corrected chi connectivity index (χ4v) is 1.98. The van der Waals surface area contributed by atoms with Crippen LogP contribution >= 0.6 is 0 Å². The van der Waals surface area contributed by atoms with Crippen molar-refractivity contribution in [1.29, 1.82) is 0 Å². The molecular formula is C8H13NO2. The maximum Gasteiger partial charge on any atom is 0.323 e. The first-order valence-electron chi connectivity index (χ1n) is 4.10. The summed E-state index contributed by atoms with van der Waals surface area (Å²) in [6.07, 6.45) is 3.53. The van der Waals surface area contributed by atoms with E-state index in [0.29, 0.717) is 5.41 Å². The lowest BCUT2D eigenvalue weighted by atomic mass is 9.98. The van der Waals surface area contributed by atoms with Gasteiger partial charge in [-0.05, 0) is 31.2 Å². The molecule has 0 radical (unpaired) electrons. The number of ether oxygens (including phenoxy) is 1. The van der Waals surface area contributed by atoms with Crippen molar-refractivity contribution in [3.8, 4) is 0 Å². The summed E-state index contributed by atoms with van der Waals surface area (Å²) in [5.74, 6) is -0.0833. The van der Waals surface area contributed by atoms with Gasteiger partial charge in [-0.1, -0.05) is 0 Å². The third kappa shape index (κ3) is 0.948. The van der Waals surface area contributed by atoms with E-state index < -0.39 is 0 Å². The van der Waals surface area contributed by atoms with E-state index in [9.17, 15) is 4.79 Å². The number of carbonyl (C=O) groups excluding carboxylic acids is 1. The van der Waals surface area contributed by atoms with Crippen LogP contribution in [0.5, 0.6) is 0 Å². The van der Waals surface area contributed by atoms with Gasteiger partial charge in [0.15, 0.2) is 0 Å². The zero-order chi connectivity index (χ0) is 7.90. The van der Waals surface area contributed by atoms with Crippen LogP contribution < -0.4 is 5.32 Å². The number of esters is 1. The van der Waals surface area contributed by atoms with Crippen molar-refractivity contribution in [2.24, 2.45) is 5.41 Å². The predicted molar refractivity (Wildman–Crippen MR) is 40.1 cm³/mol. The van der Waals surface area contributed by atoms with Crippen LogP contribution in [0, 0.1) is 5.41 Å². The van der Waals surface area contributed by atoms with Crippen molar-refractivity contribution < 1.29 is 9.53 Å². The standard InChI is InChI=1S/C8H13NO2/c1-11-7(10)6-8(2-3-8)4-5-9-6/h6,9H,2-5H2,1H3. The van der Waals surface area contributed by atoms with Gasteiger partial charge in [-0.15, -0.1) is 0 Å². The fourth-order valence-electron chi connectivity index (χ4n) is 1.98. The largest absolute Gasteiger partial charge is 0.468 e. The normalized spacial score (nSPS) is 32.3. The molecule has 1 spiro atoms. The van der Waals surface area contributed by atoms with Crippen LogP contribution in [0.2, 0.25) is 0 Å². The van der Waals surface area contributed by atoms with Crippen LogP contribution in [-0.4, -0.2) is 25.7 Å². The maximum absolute atomic E-state index is 11.2. The molecular weight excluding hydrogens is 142 g/mol. The number of hydrogen-bond acceptors (Lipinski definition) is 3. The molecule has 1 saturated carbocycles. The molecule has 1 aliphatic heterocycles. The minimum absolute atomic E-state index is 0.00694. The lowest BCUT2D eigenvalue weighted by Gasteiger charge is -2.14. The van der Waals surface area contributed by atoms with Crippen molar-refractivity contribution in [2.45, 2.75) is 25.3 Å². The second-order valence-corrected chi connectivity index (χ2v) is 3.52. The van der Waals surface area contributed by atoms with E-state index in [1.54, 1.807) is 0 Å². The lowest BCUT2D eigenvalue weighted by Crippen LogP contribution is -2.37. The van der Waals surface area contributed by atoms with Gasteiger partial charge in [0.2, 0.25) is 0 Å². The second kappa shape index (κ2) is 2.21. The van der Waals surface area contributed by atoms with Gasteiger partial charge in [0.1, 0.15) is 6.04 Å². The summed E-state index contributed by atoms with van der Waals surface area (Å²) in [6, 6.07) is -0.00694. The first-order chi connectivity index (χ1) is 5.28. The van der Waals surface area contributed by atoms with E-state index in [1.807, 2.05) is 0 Å². The monoisotopic (exact) mass is 155 g/mol. The summed E-state index contributed by atoms with van der Waals surface area (Å²) in [4.78, 5) is 11.2. The van der Waals surface area contributed by atoms with Crippen molar-refractivity contribution in [3.05, 3.63) is 0 Å². The zero-order valence-electron chi connectivity index (χ0n) is 6.72. The van der Waals surface area contributed by atoms with E-state index in [-0.39, 0.29) is 12.0 Å². The number of nitrogens with one attached hydrogen (secondary N) is 1. The van der Waals surface area contributed by atoms with E-state index >= 15 is 0 Å². The highest BCUT2D eigenvalue weighted by atomic mass is 16.5. The quantitative estimate of drug-likeness (QED) is 0.553. The molecule has 0 aromatic heterocycles. The van der Waals surface area contributed by atoms with Crippen LogP contribution in [0.3, 0.4) is 0 Å². The summed E-state index contributed by atoms with van der Waals surface area (Å²) in [7, 11) is 1.46. The molecule has 2 rings (SSSR count). The average Bonchev–Trinajstić information content (AvgIpc) is 2.63. The highest BCUT2D eigenvalue weighted by Crippen LogP contribution is 2.54. The Kier molecular flexibility index (Phi) is 1.42. The van der Waals surface area contributed by atoms with Crippen molar-refractivity contribution in [2.75, 3.05) is 13.7 Å². The molecule has 3 nitrogen and oxygen atoms in total. The molecule has 3 heteroatoms. The highest BCUT2D eigenvalue weighted by molar-refractivity contribution is 5.77. The van der Waals surface area contributed by atoms with Crippen molar-refractivity contribution in [3.63, 3.8) is 0 Å². The van der Waals surface area contributed by atoms with Crippen LogP contribution in [0.25, 0.3) is 0 Å². The molecule has 1 aliphatic carbocycles. The lowest BCUT2D eigenvalue weighted by molar-refractivity contribution is -0.144. The molecule has 2 aliphatic rings. The molecule has 0 aromatic carbocycles. The Morgan fingerprint density at radius 3 is 2.82 bits per heavy atom. The fraction of sp³-hybridized carbons (Fsp3) is 0.875. The van der Waals surface area contributed by atoms with Gasteiger partial charge in [0.25, 0.3) is 0 Å². The second-order valence-electron chi connectivity index (χ2n) is 3.52. The maximum atomic E-state index is 11.2. The minimum atomic E-state index is -0.0833. The summed E-state index contributed by atoms with van der Waals surface area (Å²) >= 11 is 0. The van der Waals surface area contributed by atoms with Gasteiger partial charge in [0, 0.05) is 0 Å². The molecule has 1 atom stereocenters. The summed E-state index contributed by atoms with van der Waals surface area (Å²) in [6.45, 7) is 0.972. The highest BCUT2D eigenvalue weighted by Gasteiger charge is 2.55. The number of methoxy groups -OCH3 is 1. The summed E-state index contributed by atoms with van der Waals surface area (Å²) in [5.41, 5.74) is 0.299. The van der Waals surface area contributed by atoms with Crippen molar-refractivity contribution in [1.82, 2.24) is 5.32 Å². The molecule has 1 N–H and O–H groups in total. The van der Waals surface area contributed by atoms with Crippen LogP contribution in [0.4, 0.5) is 0 Å². The molecule has 0 bridgehead atoms. The van der Waals surface area contributed by atoms with E-state index in [0.717, 1.165) is 13.0 Å². The number of rotatable bonds is 1. The van der Waals surface area contributed by atoms with E-state index in [2.05, 4.69) is 5.32 Å². The number of hydrogen-bond donors (Lipinski definition) is 1. The predicted octanol–water partition coefficient (Wildman–Crippen LogP) is 0.301. The van der Waals surface area contributed by atoms with E-state index in [1.165, 1.54) is 20.0 Å². The van der Waals surface area contributed by atoms with Crippen molar-refractivity contribution >= 4 is 5.97 Å². The van der Waals surface area contributed by atoms with E-state index in [4.69, 9.17) is 4.74 Å². The molecule has 0 amide bonds. The molecule has 1 heterocycles. The Morgan fingerprint density at radius 2 is 2.27 bits per heavy atom. The Bertz CT molecular complexity index is 187. The third-order valence-electron chi connectivity index (χ3n) is 2.91. The minimum Gasteiger partial charge on any atom is -0.468 e. The Balaban J connectivity index is 2.08. The zero-order valence-corrected chi connectivity index (χ0v) is 6.72. The topological polar surface area (TPSA) is 38.3 Å². The molecule has 2 fully saturated rings. The van der Waals surface area contributed by atoms with Crippen LogP contribution in [0.1, 0.15) is 19.3 Å². The smallest absolute Gasteiger partial charge is 0.323 e. The van der Waals surface area contributed by atoms with Gasteiger partial charge >= 0.3 is 5.97 Å².